The van der Waals surface area contributed by atoms with E-state index in [1.54, 1.807) is 0 Å². The molecule has 0 heterocycles. The highest BCUT2D eigenvalue weighted by molar-refractivity contribution is 9.11. The van der Waals surface area contributed by atoms with Gasteiger partial charge >= 0.3 is 0 Å². The Balaban J connectivity index is 2.60. The predicted molar refractivity (Wildman–Crippen MR) is 67.9 cm³/mol. The number of hydrogen-bond acceptors (Lipinski definition) is 2. The summed E-state index contributed by atoms with van der Waals surface area (Å²) in [4.78, 5) is 0. The van der Waals surface area contributed by atoms with Crippen LogP contribution in [0.2, 0.25) is 0 Å². The minimum atomic E-state index is -0.564. The normalized spacial score (nSPS) is 12.8. The van der Waals surface area contributed by atoms with Crippen LogP contribution in [0, 0.1) is 0 Å². The number of hydrogen-bond donors (Lipinski definition) is 1. The molecule has 0 bridgehead atoms. The van der Waals surface area contributed by atoms with E-state index in [4.69, 9.17) is 4.74 Å². The van der Waals surface area contributed by atoms with Gasteiger partial charge in [-0.3, -0.25) is 0 Å². The topological polar surface area (TPSA) is 29.5 Å². The number of rotatable bonds is 5. The van der Waals surface area contributed by atoms with E-state index in [1.807, 2.05) is 25.1 Å². The highest BCUT2D eigenvalue weighted by atomic mass is 79.9. The van der Waals surface area contributed by atoms with E-state index in [0.29, 0.717) is 13.2 Å². The Morgan fingerprint density at radius 1 is 1.27 bits per heavy atom. The monoisotopic (exact) mass is 336 g/mol. The zero-order chi connectivity index (χ0) is 11.3. The molecule has 1 atom stereocenters. The lowest BCUT2D eigenvalue weighted by atomic mass is 10.1. The lowest BCUT2D eigenvalue weighted by Gasteiger charge is -2.12. The number of halogens is 2. The summed E-state index contributed by atoms with van der Waals surface area (Å²) >= 11 is 6.76. The predicted octanol–water partition coefficient (Wildman–Crippen LogP) is 3.67. The zero-order valence-electron chi connectivity index (χ0n) is 8.54. The van der Waals surface area contributed by atoms with Crippen LogP contribution in [0.5, 0.6) is 0 Å². The van der Waals surface area contributed by atoms with Crippen LogP contribution in [0.15, 0.2) is 27.1 Å². The van der Waals surface area contributed by atoms with Gasteiger partial charge in [0.1, 0.15) is 6.10 Å². The second-order valence-electron chi connectivity index (χ2n) is 3.29. The summed E-state index contributed by atoms with van der Waals surface area (Å²) in [5.74, 6) is 0. The standard InChI is InChI=1S/C11H14Br2O2/c1-2-3-15-7-11(14)8-4-9(12)6-10(13)5-8/h4-6,11,14H,2-3,7H2,1H3. The van der Waals surface area contributed by atoms with Crippen LogP contribution >= 0.6 is 31.9 Å². The quantitative estimate of drug-likeness (QED) is 0.831. The van der Waals surface area contributed by atoms with E-state index in [1.165, 1.54) is 0 Å². The molecule has 0 aliphatic heterocycles. The first-order valence-electron chi connectivity index (χ1n) is 4.85. The fraction of sp³-hybridized carbons (Fsp3) is 0.455. The molecule has 0 saturated carbocycles. The average Bonchev–Trinajstić information content (AvgIpc) is 2.16. The third-order valence-corrected chi connectivity index (χ3v) is 2.81. The molecule has 1 N–H and O–H groups in total. The fourth-order valence-corrected chi connectivity index (χ4v) is 2.53. The molecule has 0 aromatic heterocycles. The molecule has 0 amide bonds. The molecule has 0 radical (unpaired) electrons. The Labute approximate surface area is 107 Å². The smallest absolute Gasteiger partial charge is 0.102 e. The van der Waals surface area contributed by atoms with E-state index in [2.05, 4.69) is 31.9 Å². The first kappa shape index (κ1) is 13.2. The molecule has 1 rings (SSSR count). The first-order chi connectivity index (χ1) is 7.13. The molecule has 1 unspecified atom stereocenters. The van der Waals surface area contributed by atoms with E-state index < -0.39 is 6.10 Å². The number of aliphatic hydroxyl groups excluding tert-OH is 1. The molecule has 4 heteroatoms. The van der Waals surface area contributed by atoms with Crippen LogP contribution in [-0.4, -0.2) is 18.3 Å². The Hall–Kier alpha value is 0.1000. The van der Waals surface area contributed by atoms with Crippen LogP contribution in [0.3, 0.4) is 0 Å². The van der Waals surface area contributed by atoms with Crippen LogP contribution in [0.4, 0.5) is 0 Å². The van der Waals surface area contributed by atoms with Crippen molar-refractivity contribution in [1.82, 2.24) is 0 Å². The van der Waals surface area contributed by atoms with Crippen molar-refractivity contribution in [1.29, 1.82) is 0 Å². The van der Waals surface area contributed by atoms with Crippen molar-refractivity contribution >= 4 is 31.9 Å². The maximum atomic E-state index is 9.83. The second kappa shape index (κ2) is 6.63. The molecule has 2 nitrogen and oxygen atoms in total. The SMILES string of the molecule is CCCOCC(O)c1cc(Br)cc(Br)c1. The molecular formula is C11H14Br2O2. The van der Waals surface area contributed by atoms with Crippen LogP contribution in [-0.2, 0) is 4.74 Å². The van der Waals surface area contributed by atoms with Crippen LogP contribution < -0.4 is 0 Å². The van der Waals surface area contributed by atoms with Crippen molar-refractivity contribution in [3.05, 3.63) is 32.7 Å². The van der Waals surface area contributed by atoms with E-state index in [-0.39, 0.29) is 0 Å². The Morgan fingerprint density at radius 3 is 2.40 bits per heavy atom. The third-order valence-electron chi connectivity index (χ3n) is 1.89. The van der Waals surface area contributed by atoms with Gasteiger partial charge in [-0.2, -0.15) is 0 Å². The summed E-state index contributed by atoms with van der Waals surface area (Å²) in [7, 11) is 0. The van der Waals surface area contributed by atoms with Gasteiger partial charge in [-0.15, -0.1) is 0 Å². The Bertz CT molecular complexity index is 295. The molecular weight excluding hydrogens is 324 g/mol. The number of ether oxygens (including phenoxy) is 1. The molecule has 84 valence electrons. The minimum absolute atomic E-state index is 0.344. The van der Waals surface area contributed by atoms with Gasteiger partial charge in [0.05, 0.1) is 6.61 Å². The largest absolute Gasteiger partial charge is 0.386 e. The maximum Gasteiger partial charge on any atom is 0.102 e. The van der Waals surface area contributed by atoms with Gasteiger partial charge < -0.3 is 9.84 Å². The molecule has 15 heavy (non-hydrogen) atoms. The van der Waals surface area contributed by atoms with E-state index in [9.17, 15) is 5.11 Å². The van der Waals surface area contributed by atoms with E-state index >= 15 is 0 Å². The van der Waals surface area contributed by atoms with Crippen LogP contribution in [0.25, 0.3) is 0 Å². The van der Waals surface area contributed by atoms with Crippen molar-refractivity contribution in [2.75, 3.05) is 13.2 Å². The molecule has 0 aliphatic rings. The summed E-state index contributed by atoms with van der Waals surface area (Å²) in [5.41, 5.74) is 0.854. The third kappa shape index (κ3) is 4.64. The van der Waals surface area contributed by atoms with Gasteiger partial charge in [0.2, 0.25) is 0 Å². The van der Waals surface area contributed by atoms with Crippen molar-refractivity contribution in [3.63, 3.8) is 0 Å². The second-order valence-corrected chi connectivity index (χ2v) is 5.12. The van der Waals surface area contributed by atoms with Gasteiger partial charge in [0, 0.05) is 15.6 Å². The Kier molecular flexibility index (Phi) is 5.82. The summed E-state index contributed by atoms with van der Waals surface area (Å²) in [5, 5.41) is 9.83. The van der Waals surface area contributed by atoms with Crippen molar-refractivity contribution in [2.24, 2.45) is 0 Å². The minimum Gasteiger partial charge on any atom is -0.386 e. The maximum absolute atomic E-state index is 9.83. The van der Waals surface area contributed by atoms with E-state index in [0.717, 1.165) is 20.9 Å². The molecule has 0 fully saturated rings. The van der Waals surface area contributed by atoms with Crippen molar-refractivity contribution in [2.45, 2.75) is 19.4 Å². The van der Waals surface area contributed by atoms with Gasteiger partial charge in [-0.1, -0.05) is 38.8 Å². The molecule has 0 spiro atoms. The number of benzene rings is 1. The summed E-state index contributed by atoms with van der Waals surface area (Å²) < 4.78 is 7.19. The summed E-state index contributed by atoms with van der Waals surface area (Å²) in [6.45, 7) is 3.07. The van der Waals surface area contributed by atoms with Crippen molar-refractivity contribution in [3.8, 4) is 0 Å². The highest BCUT2D eigenvalue weighted by Gasteiger charge is 2.08. The lowest BCUT2D eigenvalue weighted by molar-refractivity contribution is 0.0363. The highest BCUT2D eigenvalue weighted by Crippen LogP contribution is 2.24. The average molecular weight is 338 g/mol. The number of aliphatic hydroxyl groups is 1. The fourth-order valence-electron chi connectivity index (χ4n) is 1.20. The van der Waals surface area contributed by atoms with Gasteiger partial charge in [-0.05, 0) is 30.2 Å². The molecule has 0 saturated heterocycles. The van der Waals surface area contributed by atoms with Gasteiger partial charge in [-0.25, -0.2) is 0 Å². The molecule has 1 aromatic rings. The summed E-state index contributed by atoms with van der Waals surface area (Å²) in [6, 6.07) is 5.72. The zero-order valence-corrected chi connectivity index (χ0v) is 11.7. The van der Waals surface area contributed by atoms with Gasteiger partial charge in [0.25, 0.3) is 0 Å². The first-order valence-corrected chi connectivity index (χ1v) is 6.44. The lowest BCUT2D eigenvalue weighted by Crippen LogP contribution is -2.07. The molecule has 1 aromatic carbocycles. The molecule has 0 aliphatic carbocycles. The van der Waals surface area contributed by atoms with Crippen LogP contribution in [0.1, 0.15) is 25.0 Å². The summed E-state index contributed by atoms with van der Waals surface area (Å²) in [6.07, 6.45) is 0.403. The van der Waals surface area contributed by atoms with Gasteiger partial charge in [0.15, 0.2) is 0 Å². The van der Waals surface area contributed by atoms with Crippen molar-refractivity contribution < 1.29 is 9.84 Å². The Morgan fingerprint density at radius 2 is 1.87 bits per heavy atom.